The van der Waals surface area contributed by atoms with Crippen molar-refractivity contribution >= 4 is 33.4 Å². The van der Waals surface area contributed by atoms with Crippen molar-refractivity contribution in [3.63, 3.8) is 0 Å². The Hall–Kier alpha value is -2.14. The maximum Gasteiger partial charge on any atom is 0.228 e. The molecule has 124 valence electrons. The summed E-state index contributed by atoms with van der Waals surface area (Å²) in [5.41, 5.74) is 1.78. The summed E-state index contributed by atoms with van der Waals surface area (Å²) in [5.74, 6) is -0.647. The van der Waals surface area contributed by atoms with E-state index in [1.807, 2.05) is 61.5 Å². The van der Waals surface area contributed by atoms with Gasteiger partial charge >= 0.3 is 0 Å². The van der Waals surface area contributed by atoms with E-state index in [0.29, 0.717) is 6.42 Å². The second-order valence-electron chi connectivity index (χ2n) is 6.06. The Morgan fingerprint density at radius 1 is 1.00 bits per heavy atom. The summed E-state index contributed by atoms with van der Waals surface area (Å²) < 4.78 is 0.831. The fourth-order valence-corrected chi connectivity index (χ4v) is 3.09. The van der Waals surface area contributed by atoms with Gasteiger partial charge < -0.3 is 10.6 Å². The van der Waals surface area contributed by atoms with Crippen molar-refractivity contribution in [2.75, 3.05) is 5.32 Å². The molecule has 3 rings (SSSR count). The smallest absolute Gasteiger partial charge is 0.228 e. The summed E-state index contributed by atoms with van der Waals surface area (Å²) in [7, 11) is 0. The molecule has 5 heteroatoms. The Morgan fingerprint density at radius 3 is 2.33 bits per heavy atom. The molecule has 3 unspecified atom stereocenters. The maximum absolute atomic E-state index is 12.3. The number of hydrogen-bond acceptors (Lipinski definition) is 2. The minimum Gasteiger partial charge on any atom is -0.349 e. The molecule has 0 aromatic heterocycles. The first-order valence-electron chi connectivity index (χ1n) is 7.97. The molecule has 1 aliphatic carbocycles. The van der Waals surface area contributed by atoms with Crippen molar-refractivity contribution in [3.8, 4) is 0 Å². The largest absolute Gasteiger partial charge is 0.349 e. The van der Waals surface area contributed by atoms with Crippen LogP contribution in [-0.2, 0) is 9.59 Å². The molecule has 0 bridgehead atoms. The van der Waals surface area contributed by atoms with E-state index in [2.05, 4.69) is 26.6 Å². The Balaban J connectivity index is 1.54. The summed E-state index contributed by atoms with van der Waals surface area (Å²) in [6.45, 7) is 1.95. The molecule has 0 spiro atoms. The number of amides is 2. The molecule has 2 amide bonds. The molecular weight excluding hydrogens is 368 g/mol. The van der Waals surface area contributed by atoms with Gasteiger partial charge in [0.1, 0.15) is 0 Å². The number of nitrogens with one attached hydrogen (secondary N) is 2. The monoisotopic (exact) mass is 386 g/mol. The van der Waals surface area contributed by atoms with Crippen LogP contribution < -0.4 is 10.6 Å². The number of rotatable bonds is 5. The van der Waals surface area contributed by atoms with Crippen LogP contribution in [0.4, 0.5) is 5.69 Å². The zero-order valence-corrected chi connectivity index (χ0v) is 14.9. The lowest BCUT2D eigenvalue weighted by molar-refractivity contribution is -0.125. The van der Waals surface area contributed by atoms with Crippen molar-refractivity contribution in [3.05, 3.63) is 64.6 Å². The molecule has 4 nitrogen and oxygen atoms in total. The summed E-state index contributed by atoms with van der Waals surface area (Å²) in [6, 6.07) is 17.2. The van der Waals surface area contributed by atoms with Gasteiger partial charge in [-0.2, -0.15) is 0 Å². The number of carbonyl (C=O) groups is 2. The molecule has 2 N–H and O–H groups in total. The first kappa shape index (κ1) is 16.7. The maximum atomic E-state index is 12.3. The van der Waals surface area contributed by atoms with Gasteiger partial charge in [0.2, 0.25) is 11.8 Å². The number of halogens is 1. The first-order valence-corrected chi connectivity index (χ1v) is 8.76. The van der Waals surface area contributed by atoms with Gasteiger partial charge in [0.25, 0.3) is 0 Å². The van der Waals surface area contributed by atoms with Crippen LogP contribution >= 0.6 is 15.9 Å². The molecule has 1 fully saturated rings. The fourth-order valence-electron chi connectivity index (χ4n) is 2.71. The number of anilines is 1. The Bertz CT molecular complexity index is 748. The summed E-state index contributed by atoms with van der Waals surface area (Å²) >= 11 is 3.40. The van der Waals surface area contributed by atoms with E-state index < -0.39 is 0 Å². The molecule has 0 heterocycles. The van der Waals surface area contributed by atoms with Gasteiger partial charge in [-0.25, -0.2) is 0 Å². The van der Waals surface area contributed by atoms with Crippen molar-refractivity contribution in [2.45, 2.75) is 19.4 Å². The van der Waals surface area contributed by atoms with Crippen LogP contribution in [0, 0.1) is 11.8 Å². The number of carbonyl (C=O) groups excluding carboxylic acids is 2. The van der Waals surface area contributed by atoms with Gasteiger partial charge in [0, 0.05) is 4.47 Å². The van der Waals surface area contributed by atoms with Crippen LogP contribution in [-0.4, -0.2) is 11.8 Å². The van der Waals surface area contributed by atoms with Gasteiger partial charge in [-0.05, 0) is 47.0 Å². The number of hydrogen-bond donors (Lipinski definition) is 2. The van der Waals surface area contributed by atoms with E-state index in [0.717, 1.165) is 15.7 Å². The number of benzene rings is 2. The molecular formula is C19H19BrN2O2. The van der Waals surface area contributed by atoms with E-state index in [4.69, 9.17) is 0 Å². The molecule has 0 saturated heterocycles. The predicted molar refractivity (Wildman–Crippen MR) is 97.4 cm³/mol. The molecule has 0 aliphatic heterocycles. The van der Waals surface area contributed by atoms with Gasteiger partial charge in [-0.1, -0.05) is 42.5 Å². The summed E-state index contributed by atoms with van der Waals surface area (Å²) in [4.78, 5) is 24.6. The Kier molecular flexibility index (Phi) is 5.00. The van der Waals surface area contributed by atoms with Gasteiger partial charge in [0.15, 0.2) is 0 Å². The molecule has 2 aromatic carbocycles. The third-order valence-electron chi connectivity index (χ3n) is 4.25. The van der Waals surface area contributed by atoms with Crippen LogP contribution in [0.25, 0.3) is 0 Å². The van der Waals surface area contributed by atoms with Crippen molar-refractivity contribution < 1.29 is 9.59 Å². The molecule has 0 radical (unpaired) electrons. The van der Waals surface area contributed by atoms with Gasteiger partial charge in [0.05, 0.1) is 23.6 Å². The van der Waals surface area contributed by atoms with Crippen LogP contribution in [0.5, 0.6) is 0 Å². The topological polar surface area (TPSA) is 58.2 Å². The van der Waals surface area contributed by atoms with E-state index in [1.165, 1.54) is 0 Å². The van der Waals surface area contributed by atoms with Gasteiger partial charge in [-0.3, -0.25) is 9.59 Å². The minimum absolute atomic E-state index is 0.0568. The summed E-state index contributed by atoms with van der Waals surface area (Å²) in [5, 5.41) is 5.87. The second kappa shape index (κ2) is 7.18. The van der Waals surface area contributed by atoms with E-state index in [-0.39, 0.29) is 29.7 Å². The predicted octanol–water partition coefficient (Wildman–Crippen LogP) is 3.90. The van der Waals surface area contributed by atoms with Crippen molar-refractivity contribution in [1.82, 2.24) is 5.32 Å². The lowest BCUT2D eigenvalue weighted by atomic mass is 10.1. The third-order valence-corrected chi connectivity index (χ3v) is 4.95. The van der Waals surface area contributed by atoms with Crippen molar-refractivity contribution in [1.29, 1.82) is 0 Å². The molecule has 24 heavy (non-hydrogen) atoms. The highest BCUT2D eigenvalue weighted by atomic mass is 79.9. The minimum atomic E-state index is -0.250. The molecule has 1 aliphatic rings. The lowest BCUT2D eigenvalue weighted by Gasteiger charge is -2.14. The molecule has 1 saturated carbocycles. The fraction of sp³-hybridized carbons (Fsp3) is 0.263. The Morgan fingerprint density at radius 2 is 1.62 bits per heavy atom. The zero-order valence-electron chi connectivity index (χ0n) is 13.3. The van der Waals surface area contributed by atoms with Crippen molar-refractivity contribution in [2.24, 2.45) is 11.8 Å². The van der Waals surface area contributed by atoms with E-state index >= 15 is 0 Å². The molecule has 3 atom stereocenters. The average molecular weight is 387 g/mol. The number of para-hydroxylation sites is 1. The zero-order chi connectivity index (χ0) is 17.1. The highest BCUT2D eigenvalue weighted by Crippen LogP contribution is 2.40. The average Bonchev–Trinajstić information content (AvgIpc) is 3.38. The van der Waals surface area contributed by atoms with Crippen LogP contribution in [0.2, 0.25) is 0 Å². The quantitative estimate of drug-likeness (QED) is 0.818. The standard InChI is InChI=1S/C19H19BrN2O2/c1-12(13-7-3-2-4-8-13)21-18(23)14-11-15(14)19(24)22-17-10-6-5-9-16(17)20/h2-10,12,14-15H,11H2,1H3,(H,21,23)(H,22,24). The van der Waals surface area contributed by atoms with E-state index in [9.17, 15) is 9.59 Å². The van der Waals surface area contributed by atoms with E-state index in [1.54, 1.807) is 0 Å². The molecule has 2 aromatic rings. The third kappa shape index (κ3) is 3.85. The summed E-state index contributed by atoms with van der Waals surface area (Å²) in [6.07, 6.45) is 0.601. The lowest BCUT2D eigenvalue weighted by Crippen LogP contribution is -2.29. The van der Waals surface area contributed by atoms with Gasteiger partial charge in [-0.15, -0.1) is 0 Å². The van der Waals surface area contributed by atoms with Crippen LogP contribution in [0.1, 0.15) is 24.9 Å². The normalized spacial score (nSPS) is 20.1. The van der Waals surface area contributed by atoms with Crippen LogP contribution in [0.3, 0.4) is 0 Å². The van der Waals surface area contributed by atoms with Crippen LogP contribution in [0.15, 0.2) is 59.1 Å². The SMILES string of the molecule is CC(NC(=O)C1CC1C(=O)Nc1ccccc1Br)c1ccccc1. The Labute approximate surface area is 149 Å². The second-order valence-corrected chi connectivity index (χ2v) is 6.91. The highest BCUT2D eigenvalue weighted by molar-refractivity contribution is 9.10. The highest BCUT2D eigenvalue weighted by Gasteiger charge is 2.48. The first-order chi connectivity index (χ1) is 11.6.